The van der Waals surface area contributed by atoms with Crippen LogP contribution in [0.5, 0.6) is 17.2 Å². The van der Waals surface area contributed by atoms with Crippen LogP contribution in [0, 0.1) is 0 Å². The fourth-order valence-electron chi connectivity index (χ4n) is 4.04. The molecule has 1 aliphatic rings. The number of aromatic hydroxyl groups is 1. The average molecular weight is 469 g/mol. The third-order valence-corrected chi connectivity index (χ3v) is 5.54. The molecule has 1 amide bonds. The molecule has 1 fully saturated rings. The fourth-order valence-corrected chi connectivity index (χ4v) is 4.04. The van der Waals surface area contributed by atoms with E-state index in [0.29, 0.717) is 29.8 Å². The fraction of sp³-hybridized carbons (Fsp3) is 0.385. The van der Waals surface area contributed by atoms with Gasteiger partial charge in [-0.05, 0) is 70.7 Å². The number of amides is 1. The minimum atomic E-state index is -0.853. The minimum Gasteiger partial charge on any atom is -0.507 e. The van der Waals surface area contributed by atoms with E-state index in [0.717, 1.165) is 6.54 Å². The molecule has 3 rings (SSSR count). The number of likely N-dealkylation sites (tertiary alicyclic amines) is 1. The summed E-state index contributed by atoms with van der Waals surface area (Å²) < 4.78 is 10.9. The minimum absolute atomic E-state index is 0.0267. The van der Waals surface area contributed by atoms with E-state index < -0.39 is 17.7 Å². The molecule has 34 heavy (non-hydrogen) atoms. The highest BCUT2D eigenvalue weighted by Gasteiger charge is 2.46. The molecule has 1 atom stereocenters. The van der Waals surface area contributed by atoms with Crippen LogP contribution in [-0.2, 0) is 9.59 Å². The van der Waals surface area contributed by atoms with E-state index in [1.807, 2.05) is 32.8 Å². The second kappa shape index (κ2) is 10.6. The summed E-state index contributed by atoms with van der Waals surface area (Å²) in [7, 11) is 5.30. The Balaban J connectivity index is 2.11. The van der Waals surface area contributed by atoms with Crippen molar-refractivity contribution in [3.63, 3.8) is 0 Å². The van der Waals surface area contributed by atoms with Gasteiger partial charge in [0.25, 0.3) is 11.7 Å². The molecule has 0 spiro atoms. The van der Waals surface area contributed by atoms with Gasteiger partial charge in [-0.2, -0.15) is 0 Å². The van der Waals surface area contributed by atoms with Gasteiger partial charge in [0.1, 0.15) is 11.5 Å². The predicted octanol–water partition coefficient (Wildman–Crippen LogP) is 3.56. The molecule has 0 radical (unpaired) electrons. The predicted molar refractivity (Wildman–Crippen MR) is 129 cm³/mol. The second-order valence-corrected chi connectivity index (χ2v) is 8.78. The molecule has 0 aliphatic carbocycles. The number of hydrogen-bond acceptors (Lipinski definition) is 7. The third kappa shape index (κ3) is 5.34. The zero-order valence-electron chi connectivity index (χ0n) is 20.2. The Morgan fingerprint density at radius 2 is 1.88 bits per heavy atom. The highest BCUT2D eigenvalue weighted by atomic mass is 16.5. The molecule has 1 unspecified atom stereocenters. The van der Waals surface area contributed by atoms with Crippen molar-refractivity contribution in [1.82, 2.24) is 9.80 Å². The molecule has 1 aliphatic heterocycles. The molecule has 8 nitrogen and oxygen atoms in total. The van der Waals surface area contributed by atoms with Gasteiger partial charge in [-0.25, -0.2) is 0 Å². The highest BCUT2D eigenvalue weighted by molar-refractivity contribution is 6.46. The third-order valence-electron chi connectivity index (χ3n) is 5.54. The van der Waals surface area contributed by atoms with Crippen molar-refractivity contribution >= 4 is 17.4 Å². The van der Waals surface area contributed by atoms with E-state index in [1.54, 1.807) is 36.4 Å². The first-order valence-electron chi connectivity index (χ1n) is 11.2. The zero-order valence-corrected chi connectivity index (χ0v) is 20.2. The Labute approximate surface area is 200 Å². The van der Waals surface area contributed by atoms with Crippen molar-refractivity contribution in [2.45, 2.75) is 32.4 Å². The number of nitrogens with zero attached hydrogens (tertiary/aromatic N) is 2. The van der Waals surface area contributed by atoms with Gasteiger partial charge in [0.2, 0.25) is 0 Å². The maximum absolute atomic E-state index is 13.1. The summed E-state index contributed by atoms with van der Waals surface area (Å²) in [4.78, 5) is 29.6. The van der Waals surface area contributed by atoms with Crippen LogP contribution < -0.4 is 9.47 Å². The molecule has 0 bridgehead atoms. The number of rotatable bonds is 9. The van der Waals surface area contributed by atoms with E-state index in [9.17, 15) is 19.8 Å². The Morgan fingerprint density at radius 3 is 2.50 bits per heavy atom. The SMILES string of the molecule is COc1ccc(C2/C(=C(/O)c3cccc(OC(C)C)c3)C(=O)C(=O)N2CCCN(C)C)cc1O. The van der Waals surface area contributed by atoms with Crippen molar-refractivity contribution in [1.29, 1.82) is 0 Å². The van der Waals surface area contributed by atoms with Gasteiger partial charge in [0, 0.05) is 12.1 Å². The molecule has 182 valence electrons. The zero-order chi connectivity index (χ0) is 25.0. The number of aliphatic hydroxyl groups is 1. The number of benzene rings is 2. The molecule has 8 heteroatoms. The largest absolute Gasteiger partial charge is 0.507 e. The normalized spacial score (nSPS) is 17.6. The lowest BCUT2D eigenvalue weighted by molar-refractivity contribution is -0.139. The number of phenols is 1. The van der Waals surface area contributed by atoms with Crippen LogP contribution in [0.4, 0.5) is 0 Å². The van der Waals surface area contributed by atoms with Gasteiger partial charge in [0.15, 0.2) is 11.5 Å². The van der Waals surface area contributed by atoms with Gasteiger partial charge < -0.3 is 29.5 Å². The van der Waals surface area contributed by atoms with E-state index in [1.165, 1.54) is 18.1 Å². The number of methoxy groups -OCH3 is 1. The first kappa shape index (κ1) is 25.1. The Kier molecular flexibility index (Phi) is 7.83. The summed E-state index contributed by atoms with van der Waals surface area (Å²) >= 11 is 0. The maximum atomic E-state index is 13.1. The number of ketones is 1. The van der Waals surface area contributed by atoms with Crippen LogP contribution in [0.2, 0.25) is 0 Å². The Morgan fingerprint density at radius 1 is 1.15 bits per heavy atom. The van der Waals surface area contributed by atoms with Crippen molar-refractivity contribution < 1.29 is 29.3 Å². The van der Waals surface area contributed by atoms with Crippen molar-refractivity contribution in [2.24, 2.45) is 0 Å². The van der Waals surface area contributed by atoms with Gasteiger partial charge in [-0.15, -0.1) is 0 Å². The van der Waals surface area contributed by atoms with Crippen molar-refractivity contribution in [2.75, 3.05) is 34.3 Å². The lowest BCUT2D eigenvalue weighted by atomic mass is 9.95. The first-order chi connectivity index (χ1) is 16.1. The van der Waals surface area contributed by atoms with Crippen molar-refractivity contribution in [3.8, 4) is 17.2 Å². The molecule has 2 aromatic carbocycles. The van der Waals surface area contributed by atoms with E-state index in [-0.39, 0.29) is 28.9 Å². The maximum Gasteiger partial charge on any atom is 0.295 e. The molecule has 2 aromatic rings. The summed E-state index contributed by atoms with van der Waals surface area (Å²) in [6.07, 6.45) is 0.568. The standard InChI is InChI=1S/C26H32N2O6/c1-16(2)34-19-9-6-8-18(14-19)24(30)22-23(17-10-11-21(33-5)20(29)15-17)28(26(32)25(22)31)13-7-12-27(3)4/h6,8-11,14-16,23,29-30H,7,12-13H2,1-5H3/b24-22-. The number of ether oxygens (including phenoxy) is 2. The Bertz CT molecular complexity index is 1090. The number of carbonyl (C=O) groups is 2. The van der Waals surface area contributed by atoms with Gasteiger partial charge in [-0.1, -0.05) is 18.2 Å². The molecule has 1 saturated heterocycles. The van der Waals surface area contributed by atoms with E-state index >= 15 is 0 Å². The first-order valence-corrected chi connectivity index (χ1v) is 11.2. The average Bonchev–Trinajstić information content (AvgIpc) is 3.03. The summed E-state index contributed by atoms with van der Waals surface area (Å²) in [6, 6.07) is 10.6. The lowest BCUT2D eigenvalue weighted by Gasteiger charge is -2.26. The van der Waals surface area contributed by atoms with Crippen molar-refractivity contribution in [3.05, 3.63) is 59.2 Å². The molecule has 1 heterocycles. The quantitative estimate of drug-likeness (QED) is 0.330. The van der Waals surface area contributed by atoms with Crippen LogP contribution in [0.25, 0.3) is 5.76 Å². The van der Waals surface area contributed by atoms with Gasteiger partial charge in [0.05, 0.1) is 24.8 Å². The van der Waals surface area contributed by atoms with Crippen LogP contribution in [-0.4, -0.2) is 72.1 Å². The Hall–Kier alpha value is -3.52. The van der Waals surface area contributed by atoms with E-state index in [2.05, 4.69) is 0 Å². The topological polar surface area (TPSA) is 99.5 Å². The molecule has 0 aromatic heterocycles. The number of carbonyl (C=O) groups excluding carboxylic acids is 2. The summed E-state index contributed by atoms with van der Waals surface area (Å²) in [5.74, 6) is -1.05. The number of hydrogen-bond donors (Lipinski definition) is 2. The summed E-state index contributed by atoms with van der Waals surface area (Å²) in [5, 5.41) is 21.6. The van der Waals surface area contributed by atoms with Crippen LogP contribution in [0.15, 0.2) is 48.0 Å². The van der Waals surface area contributed by atoms with Gasteiger partial charge in [-0.3, -0.25) is 9.59 Å². The summed E-state index contributed by atoms with van der Waals surface area (Å²) in [5.41, 5.74) is 0.840. The number of aliphatic hydroxyl groups excluding tert-OH is 1. The number of Topliss-reactive ketones (excluding diaryl/α,β-unsaturated/α-hetero) is 1. The molecule has 0 saturated carbocycles. The number of phenolic OH excluding ortho intramolecular Hbond substituents is 1. The lowest BCUT2D eigenvalue weighted by Crippen LogP contribution is -2.32. The van der Waals surface area contributed by atoms with Gasteiger partial charge >= 0.3 is 0 Å². The monoisotopic (exact) mass is 468 g/mol. The van der Waals surface area contributed by atoms with Crippen LogP contribution in [0.1, 0.15) is 37.4 Å². The molecular formula is C26H32N2O6. The van der Waals surface area contributed by atoms with Crippen LogP contribution in [0.3, 0.4) is 0 Å². The summed E-state index contributed by atoms with van der Waals surface area (Å²) in [6.45, 7) is 4.82. The van der Waals surface area contributed by atoms with Crippen LogP contribution >= 0.6 is 0 Å². The molecular weight excluding hydrogens is 436 g/mol. The smallest absolute Gasteiger partial charge is 0.295 e. The molecule has 2 N–H and O–H groups in total. The second-order valence-electron chi connectivity index (χ2n) is 8.78. The van der Waals surface area contributed by atoms with E-state index in [4.69, 9.17) is 9.47 Å². The highest BCUT2D eigenvalue weighted by Crippen LogP contribution is 2.42.